The number of hydrogen-bond donors (Lipinski definition) is 3. The Bertz CT molecular complexity index is 2130. The van der Waals surface area contributed by atoms with Crippen molar-refractivity contribution < 1.29 is 13.9 Å². The Labute approximate surface area is 294 Å². The molecule has 51 heavy (non-hydrogen) atoms. The first-order valence-electron chi connectivity index (χ1n) is 17.7. The van der Waals surface area contributed by atoms with Gasteiger partial charge in [0.25, 0.3) is 5.56 Å². The van der Waals surface area contributed by atoms with Gasteiger partial charge in [-0.25, -0.2) is 23.1 Å². The van der Waals surface area contributed by atoms with Crippen LogP contribution < -0.4 is 22.3 Å². The van der Waals surface area contributed by atoms with Crippen molar-refractivity contribution in [2.45, 2.75) is 63.6 Å². The number of halogens is 2. The second kappa shape index (κ2) is 15.0. The highest BCUT2D eigenvalue weighted by molar-refractivity contribution is 5.77. The van der Waals surface area contributed by atoms with E-state index in [4.69, 9.17) is 5.73 Å². The number of rotatable bonds is 9. The van der Waals surface area contributed by atoms with Gasteiger partial charge in [0.15, 0.2) is 5.65 Å². The van der Waals surface area contributed by atoms with Gasteiger partial charge < -0.3 is 21.1 Å². The minimum Gasteiger partial charge on any atom is -0.508 e. The molecule has 0 radical (unpaired) electrons. The number of phenols is 1. The topological polar surface area (TPSA) is 122 Å². The van der Waals surface area contributed by atoms with E-state index in [2.05, 4.69) is 15.2 Å². The van der Waals surface area contributed by atoms with Gasteiger partial charge in [-0.15, -0.1) is 0 Å². The number of fused-ring (bicyclic) bond motifs is 1. The maximum atomic E-state index is 14.6. The predicted molar refractivity (Wildman–Crippen MR) is 194 cm³/mol. The van der Waals surface area contributed by atoms with Crippen LogP contribution in [0, 0.1) is 5.82 Å². The molecule has 266 valence electrons. The van der Waals surface area contributed by atoms with Gasteiger partial charge in [-0.2, -0.15) is 0 Å². The minimum absolute atomic E-state index is 0.0339. The van der Waals surface area contributed by atoms with E-state index in [1.807, 2.05) is 24.3 Å². The number of hydrogen-bond acceptors (Lipinski definition) is 8. The van der Waals surface area contributed by atoms with Crippen LogP contribution in [-0.2, 0) is 6.54 Å². The standard InChI is InChI=1S/C39H43F2N7O3/c40-28-7-5-17-46(24-28)25-30(42)22-43-31-9-11-32(12-10-31)48-38(50)36-20-29(41)21-44-37(36)47(39(48)51)33-8-4-6-26(18-33)35-14-13-34(49)19-27(35)23-45-15-2-1-3-16-45/h4-8,13-14,18-21,24-25,31-32,43,49H,1-3,9-12,15-17,22-23,42H2/b30-25-. The highest BCUT2D eigenvalue weighted by Gasteiger charge is 2.27. The fourth-order valence-electron chi connectivity index (χ4n) is 7.59. The second-order valence-electron chi connectivity index (χ2n) is 13.7. The summed E-state index contributed by atoms with van der Waals surface area (Å²) in [5, 5.41) is 13.9. The molecule has 2 aromatic carbocycles. The molecule has 0 atom stereocenters. The monoisotopic (exact) mass is 695 g/mol. The molecule has 4 N–H and O–H groups in total. The first-order valence-corrected chi connectivity index (χ1v) is 17.7. The van der Waals surface area contributed by atoms with Crippen molar-refractivity contribution in [3.05, 3.63) is 123 Å². The van der Waals surface area contributed by atoms with Crippen LogP contribution in [0.3, 0.4) is 0 Å². The van der Waals surface area contributed by atoms with Crippen molar-refractivity contribution in [3.63, 3.8) is 0 Å². The molecule has 4 heterocycles. The Morgan fingerprint density at radius 1 is 1.02 bits per heavy atom. The van der Waals surface area contributed by atoms with E-state index in [1.165, 1.54) is 27.8 Å². The summed E-state index contributed by atoms with van der Waals surface area (Å²) in [6, 6.07) is 13.7. The Morgan fingerprint density at radius 2 is 1.82 bits per heavy atom. The zero-order chi connectivity index (χ0) is 35.5. The summed E-state index contributed by atoms with van der Waals surface area (Å²) in [6.45, 7) is 3.64. The number of likely N-dealkylation sites (tertiary alicyclic amines) is 1. The lowest BCUT2D eigenvalue weighted by atomic mass is 9.91. The SMILES string of the molecule is N/C(=C\N1C=C(F)C=CC1)CNC1CCC(n2c(=O)c3cc(F)cnc3n(-c3cccc(-c4ccc(O)cc4CN4CCCCC4)c3)c2=O)CC1. The minimum atomic E-state index is -0.658. The summed E-state index contributed by atoms with van der Waals surface area (Å²) in [5.74, 6) is -0.800. The van der Waals surface area contributed by atoms with Gasteiger partial charge in [-0.1, -0.05) is 30.7 Å². The molecule has 0 amide bonds. The fraction of sp³-hybridized carbons (Fsp3) is 0.359. The van der Waals surface area contributed by atoms with Crippen molar-refractivity contribution in [3.8, 4) is 22.6 Å². The summed E-state index contributed by atoms with van der Waals surface area (Å²) in [6.07, 6.45) is 13.3. The highest BCUT2D eigenvalue weighted by Crippen LogP contribution is 2.31. The summed E-state index contributed by atoms with van der Waals surface area (Å²) >= 11 is 0. The Kier molecular flexibility index (Phi) is 10.1. The molecule has 10 nitrogen and oxygen atoms in total. The molecule has 7 rings (SSSR count). The number of aromatic nitrogens is 3. The van der Waals surface area contributed by atoms with Gasteiger partial charge >= 0.3 is 5.69 Å². The van der Waals surface area contributed by atoms with Crippen LogP contribution in [0.5, 0.6) is 5.75 Å². The third-order valence-corrected chi connectivity index (χ3v) is 10.1. The van der Waals surface area contributed by atoms with E-state index >= 15 is 0 Å². The van der Waals surface area contributed by atoms with Crippen LogP contribution in [0.2, 0.25) is 0 Å². The fourth-order valence-corrected chi connectivity index (χ4v) is 7.59. The number of aromatic hydroxyl groups is 1. The van der Waals surface area contributed by atoms with Crippen molar-refractivity contribution in [1.29, 1.82) is 0 Å². The number of pyridine rings is 1. The molecule has 2 aliphatic heterocycles. The predicted octanol–water partition coefficient (Wildman–Crippen LogP) is 5.60. The maximum absolute atomic E-state index is 14.6. The number of phenolic OH excluding ortho intramolecular Hbond substituents is 1. The first-order chi connectivity index (χ1) is 24.7. The Balaban J connectivity index is 1.17. The van der Waals surface area contributed by atoms with Crippen LogP contribution in [-0.4, -0.2) is 61.2 Å². The molecular formula is C39H43F2N7O3. The van der Waals surface area contributed by atoms with Crippen LogP contribution in [0.15, 0.2) is 100 Å². The van der Waals surface area contributed by atoms with Gasteiger partial charge in [0.1, 0.15) is 17.4 Å². The molecular weight excluding hydrogens is 652 g/mol. The molecule has 0 bridgehead atoms. The van der Waals surface area contributed by atoms with E-state index in [1.54, 1.807) is 35.4 Å². The lowest BCUT2D eigenvalue weighted by Crippen LogP contribution is -2.45. The second-order valence-corrected chi connectivity index (χ2v) is 13.7. The summed E-state index contributed by atoms with van der Waals surface area (Å²) in [4.78, 5) is 36.6. The Morgan fingerprint density at radius 3 is 2.61 bits per heavy atom. The van der Waals surface area contributed by atoms with E-state index in [9.17, 15) is 23.5 Å². The van der Waals surface area contributed by atoms with Crippen LogP contribution in [0.4, 0.5) is 8.78 Å². The van der Waals surface area contributed by atoms with Gasteiger partial charge in [-0.3, -0.25) is 14.3 Å². The number of piperidine rings is 1. The quantitative estimate of drug-likeness (QED) is 0.207. The molecule has 12 heteroatoms. The zero-order valence-electron chi connectivity index (χ0n) is 28.5. The zero-order valence-corrected chi connectivity index (χ0v) is 28.5. The van der Waals surface area contributed by atoms with Crippen molar-refractivity contribution in [2.24, 2.45) is 5.73 Å². The lowest BCUT2D eigenvalue weighted by Gasteiger charge is -2.30. The summed E-state index contributed by atoms with van der Waals surface area (Å²) < 4.78 is 30.8. The molecule has 1 aliphatic carbocycles. The number of benzene rings is 2. The van der Waals surface area contributed by atoms with Gasteiger partial charge in [-0.05, 0) is 105 Å². The average molecular weight is 696 g/mol. The van der Waals surface area contributed by atoms with Crippen molar-refractivity contribution in [1.82, 2.24) is 29.2 Å². The summed E-state index contributed by atoms with van der Waals surface area (Å²) in [7, 11) is 0. The largest absolute Gasteiger partial charge is 0.508 e. The van der Waals surface area contributed by atoms with Crippen molar-refractivity contribution in [2.75, 3.05) is 26.2 Å². The van der Waals surface area contributed by atoms with Gasteiger partial charge in [0, 0.05) is 49.8 Å². The van der Waals surface area contributed by atoms with Crippen LogP contribution in [0.25, 0.3) is 27.8 Å². The van der Waals surface area contributed by atoms with Gasteiger partial charge in [0.2, 0.25) is 0 Å². The van der Waals surface area contributed by atoms with Crippen LogP contribution in [0.1, 0.15) is 56.6 Å². The third-order valence-electron chi connectivity index (χ3n) is 10.1. The number of allylic oxidation sites excluding steroid dienone is 2. The number of nitrogens with one attached hydrogen (secondary N) is 1. The van der Waals surface area contributed by atoms with E-state index in [-0.39, 0.29) is 34.7 Å². The lowest BCUT2D eigenvalue weighted by molar-refractivity contribution is 0.221. The maximum Gasteiger partial charge on any atom is 0.337 e. The highest BCUT2D eigenvalue weighted by atomic mass is 19.1. The molecule has 4 aromatic rings. The number of nitrogens with zero attached hydrogens (tertiary/aromatic N) is 5. The van der Waals surface area contributed by atoms with E-state index in [0.29, 0.717) is 56.7 Å². The molecule has 1 saturated heterocycles. The van der Waals surface area contributed by atoms with Crippen molar-refractivity contribution >= 4 is 11.0 Å². The van der Waals surface area contributed by atoms with Crippen LogP contribution >= 0.6 is 0 Å². The average Bonchev–Trinajstić information content (AvgIpc) is 3.12. The summed E-state index contributed by atoms with van der Waals surface area (Å²) in [5.41, 5.74) is 9.04. The molecule has 2 fully saturated rings. The molecule has 0 unspecified atom stereocenters. The molecule has 1 saturated carbocycles. The molecule has 2 aromatic heterocycles. The normalized spacial score (nSPS) is 20.2. The van der Waals surface area contributed by atoms with E-state index < -0.39 is 17.1 Å². The van der Waals surface area contributed by atoms with Gasteiger partial charge in [0.05, 0.1) is 17.3 Å². The molecule has 3 aliphatic rings. The first kappa shape index (κ1) is 34.4. The third kappa shape index (κ3) is 7.67. The van der Waals surface area contributed by atoms with E-state index in [0.717, 1.165) is 54.9 Å². The number of nitrogens with two attached hydrogens (primary N) is 1. The Hall–Kier alpha value is -5.07. The molecule has 0 spiro atoms. The smallest absolute Gasteiger partial charge is 0.337 e.